The molecule has 1 saturated heterocycles. The molecule has 2 unspecified atom stereocenters. The molecule has 1 aromatic rings. The standard InChI is InChI=1S/C11H15N3O3/c1-3-14-8(4-5-12-14)10-7(11(16)17)6-9(15)13(10)2/h4-5,7,10H,3,6H2,1-2H3,(H,16,17). The van der Waals surface area contributed by atoms with E-state index in [-0.39, 0.29) is 12.3 Å². The Morgan fingerprint density at radius 3 is 2.94 bits per heavy atom. The second-order valence-corrected chi connectivity index (χ2v) is 4.17. The van der Waals surface area contributed by atoms with Crippen molar-refractivity contribution >= 4 is 11.9 Å². The summed E-state index contributed by atoms with van der Waals surface area (Å²) in [6.45, 7) is 2.59. The Morgan fingerprint density at radius 2 is 2.35 bits per heavy atom. The summed E-state index contributed by atoms with van der Waals surface area (Å²) >= 11 is 0. The fraction of sp³-hybridized carbons (Fsp3) is 0.545. The Morgan fingerprint density at radius 1 is 1.65 bits per heavy atom. The first-order chi connectivity index (χ1) is 8.06. The van der Waals surface area contributed by atoms with Crippen LogP contribution in [0.15, 0.2) is 12.3 Å². The quantitative estimate of drug-likeness (QED) is 0.831. The second-order valence-electron chi connectivity index (χ2n) is 4.17. The van der Waals surface area contributed by atoms with Crippen molar-refractivity contribution in [3.63, 3.8) is 0 Å². The molecule has 6 nitrogen and oxygen atoms in total. The van der Waals surface area contributed by atoms with E-state index in [1.807, 2.05) is 6.92 Å². The van der Waals surface area contributed by atoms with Gasteiger partial charge in [0.25, 0.3) is 0 Å². The average Bonchev–Trinajstić information content (AvgIpc) is 2.84. The van der Waals surface area contributed by atoms with Crippen LogP contribution in [0.2, 0.25) is 0 Å². The van der Waals surface area contributed by atoms with Crippen LogP contribution in [0.1, 0.15) is 25.1 Å². The van der Waals surface area contributed by atoms with Crippen LogP contribution in [0.25, 0.3) is 0 Å². The van der Waals surface area contributed by atoms with Gasteiger partial charge in [0.05, 0.1) is 17.7 Å². The number of likely N-dealkylation sites (tertiary alicyclic amines) is 1. The van der Waals surface area contributed by atoms with E-state index in [0.717, 1.165) is 5.69 Å². The molecule has 1 aliphatic rings. The Kier molecular flexibility index (Phi) is 2.87. The highest BCUT2D eigenvalue weighted by atomic mass is 16.4. The number of rotatable bonds is 3. The molecule has 17 heavy (non-hydrogen) atoms. The predicted molar refractivity (Wildman–Crippen MR) is 59.2 cm³/mol. The molecule has 0 radical (unpaired) electrons. The number of carbonyl (C=O) groups excluding carboxylic acids is 1. The highest BCUT2D eigenvalue weighted by Gasteiger charge is 2.44. The van der Waals surface area contributed by atoms with E-state index >= 15 is 0 Å². The van der Waals surface area contributed by atoms with Crippen molar-refractivity contribution in [1.82, 2.24) is 14.7 Å². The first kappa shape index (κ1) is 11.6. The van der Waals surface area contributed by atoms with Gasteiger partial charge in [0, 0.05) is 26.2 Å². The van der Waals surface area contributed by atoms with Crippen LogP contribution in [0, 0.1) is 5.92 Å². The summed E-state index contributed by atoms with van der Waals surface area (Å²) in [4.78, 5) is 24.3. The number of aliphatic carboxylic acids is 1. The highest BCUT2D eigenvalue weighted by molar-refractivity contribution is 5.87. The molecule has 1 aromatic heterocycles. The third kappa shape index (κ3) is 1.79. The van der Waals surface area contributed by atoms with Gasteiger partial charge in [-0.05, 0) is 13.0 Å². The lowest BCUT2D eigenvalue weighted by Crippen LogP contribution is -2.29. The van der Waals surface area contributed by atoms with E-state index in [9.17, 15) is 14.7 Å². The minimum atomic E-state index is -0.934. The third-order valence-corrected chi connectivity index (χ3v) is 3.26. The van der Waals surface area contributed by atoms with E-state index in [1.54, 1.807) is 24.0 Å². The Hall–Kier alpha value is -1.85. The monoisotopic (exact) mass is 237 g/mol. The molecule has 1 amide bonds. The largest absolute Gasteiger partial charge is 0.481 e. The van der Waals surface area contributed by atoms with Gasteiger partial charge in [-0.25, -0.2) is 0 Å². The molecule has 0 bridgehead atoms. The Bertz CT molecular complexity index is 455. The van der Waals surface area contributed by atoms with Crippen molar-refractivity contribution in [3.05, 3.63) is 18.0 Å². The third-order valence-electron chi connectivity index (χ3n) is 3.26. The maximum absolute atomic E-state index is 11.6. The molecule has 0 saturated carbocycles. The number of hydrogen-bond donors (Lipinski definition) is 1. The van der Waals surface area contributed by atoms with Gasteiger partial charge in [-0.2, -0.15) is 5.10 Å². The number of aromatic nitrogens is 2. The van der Waals surface area contributed by atoms with Gasteiger partial charge in [0.15, 0.2) is 0 Å². The molecule has 1 aliphatic heterocycles. The highest BCUT2D eigenvalue weighted by Crippen LogP contribution is 2.36. The van der Waals surface area contributed by atoms with E-state index in [1.165, 1.54) is 4.90 Å². The van der Waals surface area contributed by atoms with Crippen LogP contribution >= 0.6 is 0 Å². The molecular weight excluding hydrogens is 222 g/mol. The van der Waals surface area contributed by atoms with Crippen LogP contribution in [-0.4, -0.2) is 38.7 Å². The summed E-state index contributed by atoms with van der Waals surface area (Å²) in [5, 5.41) is 13.3. The normalized spacial score (nSPS) is 24.4. The summed E-state index contributed by atoms with van der Waals surface area (Å²) in [5.41, 5.74) is 0.785. The first-order valence-corrected chi connectivity index (χ1v) is 5.56. The smallest absolute Gasteiger partial charge is 0.309 e. The van der Waals surface area contributed by atoms with Gasteiger partial charge < -0.3 is 10.0 Å². The molecule has 6 heteroatoms. The first-order valence-electron chi connectivity index (χ1n) is 5.56. The van der Waals surface area contributed by atoms with Crippen LogP contribution in [0.4, 0.5) is 0 Å². The second kappa shape index (κ2) is 4.20. The molecule has 0 aliphatic carbocycles. The minimum absolute atomic E-state index is 0.0609. The zero-order valence-electron chi connectivity index (χ0n) is 9.83. The zero-order valence-corrected chi connectivity index (χ0v) is 9.83. The number of carboxylic acids is 1. The summed E-state index contributed by atoms with van der Waals surface area (Å²) < 4.78 is 1.73. The average molecular weight is 237 g/mol. The minimum Gasteiger partial charge on any atom is -0.481 e. The van der Waals surface area contributed by atoms with Crippen molar-refractivity contribution in [2.24, 2.45) is 5.92 Å². The SMILES string of the molecule is CCn1nccc1C1C(C(=O)O)CC(=O)N1C. The van der Waals surface area contributed by atoms with Crippen molar-refractivity contribution in [1.29, 1.82) is 0 Å². The van der Waals surface area contributed by atoms with Crippen molar-refractivity contribution in [2.45, 2.75) is 25.9 Å². The molecule has 0 aromatic carbocycles. The number of carbonyl (C=O) groups is 2. The number of hydrogen-bond acceptors (Lipinski definition) is 3. The summed E-state index contributed by atoms with van der Waals surface area (Å²) in [7, 11) is 1.64. The molecule has 2 atom stereocenters. The van der Waals surface area contributed by atoms with E-state index in [4.69, 9.17) is 0 Å². The Labute approximate surface area is 98.8 Å². The van der Waals surface area contributed by atoms with Crippen LogP contribution in [0.5, 0.6) is 0 Å². The number of amides is 1. The zero-order chi connectivity index (χ0) is 12.6. The lowest BCUT2D eigenvalue weighted by molar-refractivity contribution is -0.142. The van der Waals surface area contributed by atoms with Crippen molar-refractivity contribution < 1.29 is 14.7 Å². The summed E-state index contributed by atoms with van der Waals surface area (Å²) in [5.74, 6) is -1.75. The topological polar surface area (TPSA) is 75.4 Å². The van der Waals surface area contributed by atoms with E-state index in [2.05, 4.69) is 5.10 Å². The van der Waals surface area contributed by atoms with E-state index in [0.29, 0.717) is 6.54 Å². The van der Waals surface area contributed by atoms with Crippen LogP contribution in [-0.2, 0) is 16.1 Å². The van der Waals surface area contributed by atoms with E-state index < -0.39 is 17.9 Å². The maximum atomic E-state index is 11.6. The van der Waals surface area contributed by atoms with Gasteiger partial charge in [0.1, 0.15) is 0 Å². The van der Waals surface area contributed by atoms with Crippen LogP contribution in [0.3, 0.4) is 0 Å². The number of carboxylic acid groups (broad SMARTS) is 1. The Balaban J connectivity index is 2.40. The van der Waals surface area contributed by atoms with Crippen molar-refractivity contribution in [2.75, 3.05) is 7.05 Å². The maximum Gasteiger partial charge on any atom is 0.309 e. The molecule has 92 valence electrons. The van der Waals surface area contributed by atoms with Crippen molar-refractivity contribution in [3.8, 4) is 0 Å². The lowest BCUT2D eigenvalue weighted by Gasteiger charge is -2.23. The van der Waals surface area contributed by atoms with Crippen LogP contribution < -0.4 is 0 Å². The van der Waals surface area contributed by atoms with Gasteiger partial charge in [-0.15, -0.1) is 0 Å². The van der Waals surface area contributed by atoms with Gasteiger partial charge >= 0.3 is 5.97 Å². The predicted octanol–water partition coefficient (Wildman–Crippen LogP) is 0.507. The lowest BCUT2D eigenvalue weighted by atomic mass is 9.98. The molecule has 2 rings (SSSR count). The molecule has 2 heterocycles. The van der Waals surface area contributed by atoms with Gasteiger partial charge in [-0.3, -0.25) is 14.3 Å². The van der Waals surface area contributed by atoms with Gasteiger partial charge in [-0.1, -0.05) is 0 Å². The number of aryl methyl sites for hydroxylation is 1. The molecular formula is C11H15N3O3. The van der Waals surface area contributed by atoms with Gasteiger partial charge in [0.2, 0.25) is 5.91 Å². The molecule has 1 N–H and O–H groups in total. The fourth-order valence-electron chi connectivity index (χ4n) is 2.35. The fourth-order valence-corrected chi connectivity index (χ4v) is 2.35. The number of nitrogens with zero attached hydrogens (tertiary/aromatic N) is 3. The summed E-state index contributed by atoms with van der Waals surface area (Å²) in [6.07, 6.45) is 1.69. The molecule has 0 spiro atoms. The molecule has 1 fully saturated rings. The summed E-state index contributed by atoms with van der Waals surface area (Å²) in [6, 6.07) is 1.36.